The molecule has 1 aliphatic heterocycles. The summed E-state index contributed by atoms with van der Waals surface area (Å²) in [6.07, 6.45) is 2.96. The second kappa shape index (κ2) is 12.2. The molecular formula is C29H38N4O4. The Morgan fingerprint density at radius 1 is 0.946 bits per heavy atom. The second-order valence-electron chi connectivity index (χ2n) is 10.3. The molecule has 2 aliphatic rings. The van der Waals surface area contributed by atoms with Gasteiger partial charge in [-0.3, -0.25) is 14.4 Å². The monoisotopic (exact) mass is 506 g/mol. The van der Waals surface area contributed by atoms with E-state index in [1.54, 1.807) is 0 Å². The predicted molar refractivity (Wildman–Crippen MR) is 142 cm³/mol. The smallest absolute Gasteiger partial charge is 0.246 e. The molecule has 2 atom stereocenters. The van der Waals surface area contributed by atoms with Crippen molar-refractivity contribution in [1.29, 1.82) is 0 Å². The van der Waals surface area contributed by atoms with E-state index in [-0.39, 0.29) is 23.6 Å². The molecule has 2 aromatic carbocycles. The van der Waals surface area contributed by atoms with E-state index >= 15 is 0 Å². The van der Waals surface area contributed by atoms with Crippen LogP contribution in [0.1, 0.15) is 44.2 Å². The van der Waals surface area contributed by atoms with Gasteiger partial charge in [0, 0.05) is 19.5 Å². The summed E-state index contributed by atoms with van der Waals surface area (Å²) in [6.45, 7) is 5.34. The molecule has 0 unspecified atom stereocenters. The van der Waals surface area contributed by atoms with Gasteiger partial charge in [0.25, 0.3) is 0 Å². The van der Waals surface area contributed by atoms with E-state index in [0.29, 0.717) is 39.0 Å². The Kier molecular flexibility index (Phi) is 8.82. The standard InChI is InChI=1S/C29H38N4O4/c1-20(2)25-27(35)33-29(14-15-29)28(36)32-23(19-21-9-4-3-5-10-21)26(34)31-16-8-12-22-11-6-7-13-24(22)37-18-17-30-25/h3-7,9-11,13,20,23,25,30H,8,12,14-19H2,1-2H3,(H,31,34)(H,32,36)(H,33,35)/t23-,25-/m0/s1. The molecule has 2 aromatic rings. The fourth-order valence-electron chi connectivity index (χ4n) is 4.67. The molecule has 4 N–H and O–H groups in total. The number of ether oxygens (including phenoxy) is 1. The number of carbonyl (C=O) groups excluding carboxylic acids is 3. The Bertz CT molecular complexity index is 1080. The van der Waals surface area contributed by atoms with Gasteiger partial charge in [0.15, 0.2) is 0 Å². The minimum absolute atomic E-state index is 0.0216. The molecule has 1 saturated carbocycles. The maximum atomic E-state index is 13.4. The van der Waals surface area contributed by atoms with Gasteiger partial charge in [-0.25, -0.2) is 0 Å². The van der Waals surface area contributed by atoms with E-state index in [4.69, 9.17) is 4.74 Å². The van der Waals surface area contributed by atoms with Crippen molar-refractivity contribution in [2.75, 3.05) is 19.7 Å². The molecule has 8 nitrogen and oxygen atoms in total. The van der Waals surface area contributed by atoms with E-state index in [0.717, 1.165) is 29.7 Å². The number of carbonyl (C=O) groups is 3. The van der Waals surface area contributed by atoms with Crippen molar-refractivity contribution in [2.24, 2.45) is 5.92 Å². The third kappa shape index (κ3) is 7.10. The molecule has 1 heterocycles. The maximum absolute atomic E-state index is 13.4. The molecule has 0 saturated heterocycles. The number of rotatable bonds is 3. The maximum Gasteiger partial charge on any atom is 0.246 e. The van der Waals surface area contributed by atoms with Crippen LogP contribution in [0.15, 0.2) is 54.6 Å². The molecule has 1 fully saturated rings. The van der Waals surface area contributed by atoms with Crippen LogP contribution in [-0.4, -0.2) is 55.0 Å². The van der Waals surface area contributed by atoms with Gasteiger partial charge in [-0.1, -0.05) is 62.4 Å². The van der Waals surface area contributed by atoms with Crippen LogP contribution in [0.4, 0.5) is 0 Å². The number of hydrogen-bond acceptors (Lipinski definition) is 5. The van der Waals surface area contributed by atoms with E-state index < -0.39 is 17.6 Å². The molecule has 0 bridgehead atoms. The lowest BCUT2D eigenvalue weighted by Gasteiger charge is -2.27. The molecule has 0 radical (unpaired) electrons. The Balaban J connectivity index is 1.54. The first kappa shape index (κ1) is 26.7. The molecule has 198 valence electrons. The molecular weight excluding hydrogens is 468 g/mol. The Morgan fingerprint density at radius 3 is 2.41 bits per heavy atom. The van der Waals surface area contributed by atoms with Gasteiger partial charge in [0.05, 0.1) is 6.04 Å². The second-order valence-corrected chi connectivity index (χ2v) is 10.3. The largest absolute Gasteiger partial charge is 0.492 e. The van der Waals surface area contributed by atoms with Gasteiger partial charge < -0.3 is 26.0 Å². The number of para-hydroxylation sites is 1. The Morgan fingerprint density at radius 2 is 1.68 bits per heavy atom. The number of hydrogen-bond donors (Lipinski definition) is 4. The molecule has 3 amide bonds. The van der Waals surface area contributed by atoms with Gasteiger partial charge in [-0.15, -0.1) is 0 Å². The van der Waals surface area contributed by atoms with E-state index in [1.807, 2.05) is 68.4 Å². The average molecular weight is 507 g/mol. The normalized spacial score (nSPS) is 23.1. The summed E-state index contributed by atoms with van der Waals surface area (Å²) in [7, 11) is 0. The molecule has 1 spiro atoms. The van der Waals surface area contributed by atoms with Crippen LogP contribution in [0.25, 0.3) is 0 Å². The van der Waals surface area contributed by atoms with E-state index in [2.05, 4.69) is 21.3 Å². The highest BCUT2D eigenvalue weighted by atomic mass is 16.5. The molecule has 1 aliphatic carbocycles. The topological polar surface area (TPSA) is 109 Å². The Labute approximate surface area is 218 Å². The van der Waals surface area contributed by atoms with Crippen molar-refractivity contribution in [3.63, 3.8) is 0 Å². The first-order chi connectivity index (χ1) is 17.9. The molecule has 0 aromatic heterocycles. The number of aryl methyl sites for hydroxylation is 1. The lowest BCUT2D eigenvalue weighted by atomic mass is 10.0. The summed E-state index contributed by atoms with van der Waals surface area (Å²) in [5.41, 5.74) is 1.05. The number of amides is 3. The highest BCUT2D eigenvalue weighted by Crippen LogP contribution is 2.36. The van der Waals surface area contributed by atoms with Crippen LogP contribution in [0.3, 0.4) is 0 Å². The van der Waals surface area contributed by atoms with Crippen molar-refractivity contribution in [1.82, 2.24) is 21.3 Å². The first-order valence-electron chi connectivity index (χ1n) is 13.3. The lowest BCUT2D eigenvalue weighted by Crippen LogP contribution is -2.59. The predicted octanol–water partition coefficient (Wildman–Crippen LogP) is 2.12. The summed E-state index contributed by atoms with van der Waals surface area (Å²) in [6, 6.07) is 16.3. The average Bonchev–Trinajstić information content (AvgIpc) is 3.67. The third-order valence-electron chi connectivity index (χ3n) is 7.02. The zero-order chi connectivity index (χ0) is 26.3. The minimum atomic E-state index is -0.970. The number of nitrogens with one attached hydrogen (secondary N) is 4. The fraction of sp³-hybridized carbons (Fsp3) is 0.483. The van der Waals surface area contributed by atoms with Crippen molar-refractivity contribution in [3.8, 4) is 5.75 Å². The zero-order valence-corrected chi connectivity index (χ0v) is 21.7. The summed E-state index contributed by atoms with van der Waals surface area (Å²) in [5, 5.41) is 12.2. The third-order valence-corrected chi connectivity index (χ3v) is 7.02. The first-order valence-corrected chi connectivity index (χ1v) is 13.3. The lowest BCUT2D eigenvalue weighted by molar-refractivity contribution is -0.133. The molecule has 4 rings (SSSR count). The van der Waals surface area contributed by atoms with Gasteiger partial charge >= 0.3 is 0 Å². The molecule has 8 heteroatoms. The van der Waals surface area contributed by atoms with Crippen LogP contribution in [0.5, 0.6) is 5.75 Å². The summed E-state index contributed by atoms with van der Waals surface area (Å²) >= 11 is 0. The quantitative estimate of drug-likeness (QED) is 0.510. The number of benzene rings is 2. The van der Waals surface area contributed by atoms with Crippen LogP contribution >= 0.6 is 0 Å². The van der Waals surface area contributed by atoms with E-state index in [9.17, 15) is 14.4 Å². The van der Waals surface area contributed by atoms with Crippen molar-refractivity contribution >= 4 is 17.7 Å². The number of fused-ring (bicyclic) bond motifs is 1. The minimum Gasteiger partial charge on any atom is -0.492 e. The van der Waals surface area contributed by atoms with Gasteiger partial charge in [-0.2, -0.15) is 0 Å². The van der Waals surface area contributed by atoms with Gasteiger partial charge in [-0.05, 0) is 48.8 Å². The summed E-state index contributed by atoms with van der Waals surface area (Å²) in [5.74, 6) is 0.0829. The van der Waals surface area contributed by atoms with Crippen LogP contribution in [0, 0.1) is 5.92 Å². The fourth-order valence-corrected chi connectivity index (χ4v) is 4.67. The Hall–Kier alpha value is -3.39. The van der Waals surface area contributed by atoms with Crippen LogP contribution in [-0.2, 0) is 27.2 Å². The van der Waals surface area contributed by atoms with Crippen molar-refractivity contribution in [2.45, 2.75) is 63.6 Å². The van der Waals surface area contributed by atoms with Gasteiger partial charge in [0.1, 0.15) is 23.9 Å². The zero-order valence-electron chi connectivity index (χ0n) is 21.7. The highest BCUT2D eigenvalue weighted by Gasteiger charge is 2.52. The van der Waals surface area contributed by atoms with Crippen LogP contribution in [0.2, 0.25) is 0 Å². The van der Waals surface area contributed by atoms with Crippen molar-refractivity contribution < 1.29 is 19.1 Å². The van der Waals surface area contributed by atoms with E-state index in [1.165, 1.54) is 0 Å². The van der Waals surface area contributed by atoms with Crippen LogP contribution < -0.4 is 26.0 Å². The SMILES string of the molecule is CC(C)[C@@H]1NCCOc2ccccc2CCCNC(=O)[C@H](Cc2ccccc2)NC(=O)C2(CC2)NC1=O. The van der Waals surface area contributed by atoms with Gasteiger partial charge in [0.2, 0.25) is 17.7 Å². The van der Waals surface area contributed by atoms with Crippen molar-refractivity contribution in [3.05, 3.63) is 65.7 Å². The molecule has 37 heavy (non-hydrogen) atoms. The summed E-state index contributed by atoms with van der Waals surface area (Å²) < 4.78 is 6.03. The summed E-state index contributed by atoms with van der Waals surface area (Å²) in [4.78, 5) is 39.8. The highest BCUT2D eigenvalue weighted by molar-refractivity contribution is 5.98.